The summed E-state index contributed by atoms with van der Waals surface area (Å²) in [7, 11) is 0. The van der Waals surface area contributed by atoms with E-state index in [1.807, 2.05) is 6.07 Å². The van der Waals surface area contributed by atoms with E-state index in [-0.39, 0.29) is 11.6 Å². The molecular weight excluding hydrogens is 282 g/mol. The molecule has 1 aliphatic rings. The Morgan fingerprint density at radius 1 is 1.45 bits per heavy atom. The van der Waals surface area contributed by atoms with Crippen molar-refractivity contribution in [1.82, 2.24) is 5.32 Å². The lowest BCUT2D eigenvalue weighted by atomic mass is 10.1. The highest BCUT2D eigenvalue weighted by Crippen LogP contribution is 2.45. The number of nitrogens with one attached hydrogen (secondary N) is 2. The second-order valence-electron chi connectivity index (χ2n) is 4.70. The molecular formula is C13H12ClN3O3. The van der Waals surface area contributed by atoms with Crippen molar-refractivity contribution < 1.29 is 14.7 Å². The molecule has 2 rings (SSSR count). The summed E-state index contributed by atoms with van der Waals surface area (Å²) >= 11 is 5.84. The Balaban J connectivity index is 1.91. The van der Waals surface area contributed by atoms with Crippen molar-refractivity contribution in [2.24, 2.45) is 5.41 Å². The average Bonchev–Trinajstić information content (AvgIpc) is 3.18. The molecule has 7 heteroatoms. The van der Waals surface area contributed by atoms with Crippen LogP contribution in [0.1, 0.15) is 18.4 Å². The number of benzene rings is 1. The maximum atomic E-state index is 11.7. The van der Waals surface area contributed by atoms with Crippen LogP contribution in [-0.2, 0) is 4.79 Å². The summed E-state index contributed by atoms with van der Waals surface area (Å²) in [5.41, 5.74) is -0.0493. The molecule has 0 atom stereocenters. The number of carbonyl (C=O) groups is 2. The van der Waals surface area contributed by atoms with E-state index in [2.05, 4.69) is 10.6 Å². The lowest BCUT2D eigenvalue weighted by Crippen LogP contribution is -2.36. The molecule has 6 nitrogen and oxygen atoms in total. The third kappa shape index (κ3) is 3.00. The van der Waals surface area contributed by atoms with Gasteiger partial charge in [0.1, 0.15) is 6.07 Å². The van der Waals surface area contributed by atoms with Crippen molar-refractivity contribution in [2.45, 2.75) is 12.8 Å². The van der Waals surface area contributed by atoms with Gasteiger partial charge < -0.3 is 15.7 Å². The van der Waals surface area contributed by atoms with Crippen molar-refractivity contribution in [3.8, 4) is 6.07 Å². The smallest absolute Gasteiger partial charge is 0.319 e. The molecule has 1 aromatic carbocycles. The Morgan fingerprint density at radius 2 is 2.15 bits per heavy atom. The molecule has 0 saturated heterocycles. The van der Waals surface area contributed by atoms with Crippen LogP contribution >= 0.6 is 11.6 Å². The molecule has 1 aliphatic carbocycles. The van der Waals surface area contributed by atoms with Crippen LogP contribution in [0.4, 0.5) is 10.5 Å². The first-order valence-electron chi connectivity index (χ1n) is 5.95. The molecule has 0 aliphatic heterocycles. The Kier molecular flexibility index (Phi) is 3.81. The monoisotopic (exact) mass is 293 g/mol. The minimum absolute atomic E-state index is 0.0954. The third-order valence-electron chi connectivity index (χ3n) is 3.24. The van der Waals surface area contributed by atoms with Crippen LogP contribution in [0.3, 0.4) is 0 Å². The summed E-state index contributed by atoms with van der Waals surface area (Å²) in [4.78, 5) is 22.6. The first kappa shape index (κ1) is 14.2. The molecule has 0 radical (unpaired) electrons. The summed E-state index contributed by atoms with van der Waals surface area (Å²) in [5.74, 6) is -0.890. The largest absolute Gasteiger partial charge is 0.481 e. The average molecular weight is 294 g/mol. The number of amides is 2. The quantitative estimate of drug-likeness (QED) is 0.792. The highest BCUT2D eigenvalue weighted by molar-refractivity contribution is 6.32. The molecule has 1 fully saturated rings. The SMILES string of the molecule is N#Cc1ccc(NC(=O)NCC2(C(=O)O)CC2)cc1Cl. The predicted octanol–water partition coefficient (Wildman–Crippen LogP) is 2.20. The highest BCUT2D eigenvalue weighted by Gasteiger charge is 2.50. The molecule has 3 N–H and O–H groups in total. The molecule has 2 amide bonds. The summed E-state index contributed by atoms with van der Waals surface area (Å²) in [6.07, 6.45) is 1.15. The lowest BCUT2D eigenvalue weighted by Gasteiger charge is -2.12. The van der Waals surface area contributed by atoms with Crippen molar-refractivity contribution in [2.75, 3.05) is 11.9 Å². The second-order valence-corrected chi connectivity index (χ2v) is 5.11. The number of hydrogen-bond acceptors (Lipinski definition) is 3. The van der Waals surface area contributed by atoms with Gasteiger partial charge in [-0.2, -0.15) is 5.26 Å². The van der Waals surface area contributed by atoms with Crippen LogP contribution in [0.25, 0.3) is 0 Å². The van der Waals surface area contributed by atoms with Crippen LogP contribution in [-0.4, -0.2) is 23.7 Å². The molecule has 0 spiro atoms. The van der Waals surface area contributed by atoms with Gasteiger partial charge in [-0.05, 0) is 31.0 Å². The maximum Gasteiger partial charge on any atom is 0.319 e. The molecule has 0 unspecified atom stereocenters. The van der Waals surface area contributed by atoms with Crippen molar-refractivity contribution in [3.05, 3.63) is 28.8 Å². The zero-order valence-electron chi connectivity index (χ0n) is 10.4. The van der Waals surface area contributed by atoms with Gasteiger partial charge in [-0.15, -0.1) is 0 Å². The minimum atomic E-state index is -0.890. The summed E-state index contributed by atoms with van der Waals surface area (Å²) in [5, 5.41) is 23.0. The van der Waals surface area contributed by atoms with E-state index in [1.165, 1.54) is 12.1 Å². The van der Waals surface area contributed by atoms with Crippen molar-refractivity contribution in [3.63, 3.8) is 0 Å². The number of nitrogens with zero attached hydrogens (tertiary/aromatic N) is 1. The van der Waals surface area contributed by atoms with Crippen LogP contribution < -0.4 is 10.6 Å². The minimum Gasteiger partial charge on any atom is -0.481 e. The Morgan fingerprint density at radius 3 is 2.65 bits per heavy atom. The van der Waals surface area contributed by atoms with Crippen LogP contribution in [0, 0.1) is 16.7 Å². The Hall–Kier alpha value is -2.26. The molecule has 1 aromatic rings. The fourth-order valence-corrected chi connectivity index (χ4v) is 1.95. The standard InChI is InChI=1S/C13H12ClN3O3/c14-10-5-9(2-1-8(10)6-15)17-12(20)16-7-13(3-4-13)11(18)19/h1-2,5H,3-4,7H2,(H,18,19)(H2,16,17,20). The number of aliphatic carboxylic acids is 1. The van der Waals surface area contributed by atoms with Crippen molar-refractivity contribution >= 4 is 29.3 Å². The van der Waals surface area contributed by atoms with E-state index in [0.29, 0.717) is 24.1 Å². The van der Waals surface area contributed by atoms with Crippen molar-refractivity contribution in [1.29, 1.82) is 5.26 Å². The molecule has 1 saturated carbocycles. The normalized spacial score (nSPS) is 15.0. The van der Waals surface area contributed by atoms with Gasteiger partial charge in [-0.25, -0.2) is 4.79 Å². The van der Waals surface area contributed by atoms with Gasteiger partial charge in [0.25, 0.3) is 0 Å². The van der Waals surface area contributed by atoms with Gasteiger partial charge in [0, 0.05) is 12.2 Å². The number of urea groups is 1. The van der Waals surface area contributed by atoms with E-state index < -0.39 is 17.4 Å². The molecule has 0 aromatic heterocycles. The number of hydrogen-bond donors (Lipinski definition) is 3. The maximum absolute atomic E-state index is 11.7. The molecule has 0 bridgehead atoms. The fourth-order valence-electron chi connectivity index (χ4n) is 1.73. The molecule has 20 heavy (non-hydrogen) atoms. The van der Waals surface area contributed by atoms with Gasteiger partial charge in [0.2, 0.25) is 0 Å². The van der Waals surface area contributed by atoms with E-state index in [1.54, 1.807) is 6.07 Å². The third-order valence-corrected chi connectivity index (χ3v) is 3.55. The van der Waals surface area contributed by atoms with Gasteiger partial charge >= 0.3 is 12.0 Å². The van der Waals surface area contributed by atoms with Crippen LogP contribution in [0.2, 0.25) is 5.02 Å². The van der Waals surface area contributed by atoms with Gasteiger partial charge in [-0.3, -0.25) is 4.79 Å². The second kappa shape index (κ2) is 5.39. The van der Waals surface area contributed by atoms with Gasteiger partial charge in [-0.1, -0.05) is 11.6 Å². The molecule has 104 valence electrons. The number of carboxylic acid groups (broad SMARTS) is 1. The lowest BCUT2D eigenvalue weighted by molar-refractivity contribution is -0.143. The molecule has 0 heterocycles. The van der Waals surface area contributed by atoms with E-state index in [9.17, 15) is 9.59 Å². The van der Waals surface area contributed by atoms with Crippen LogP contribution in [0.5, 0.6) is 0 Å². The fraction of sp³-hybridized carbons (Fsp3) is 0.308. The van der Waals surface area contributed by atoms with Gasteiger partial charge in [0.15, 0.2) is 0 Å². The first-order valence-corrected chi connectivity index (χ1v) is 6.32. The number of carboxylic acids is 1. The van der Waals surface area contributed by atoms with E-state index in [4.69, 9.17) is 22.0 Å². The first-order chi connectivity index (χ1) is 9.47. The number of halogens is 1. The summed E-state index contributed by atoms with van der Waals surface area (Å²) in [6.45, 7) is 0.0954. The zero-order valence-corrected chi connectivity index (χ0v) is 11.2. The summed E-state index contributed by atoms with van der Waals surface area (Å²) in [6, 6.07) is 5.92. The Bertz CT molecular complexity index is 605. The number of anilines is 1. The van der Waals surface area contributed by atoms with E-state index in [0.717, 1.165) is 0 Å². The highest BCUT2D eigenvalue weighted by atomic mass is 35.5. The Labute approximate surface area is 120 Å². The number of rotatable bonds is 4. The van der Waals surface area contributed by atoms with Gasteiger partial charge in [0.05, 0.1) is 16.0 Å². The summed E-state index contributed by atoms with van der Waals surface area (Å²) < 4.78 is 0. The predicted molar refractivity (Wildman–Crippen MR) is 72.5 cm³/mol. The van der Waals surface area contributed by atoms with Crippen LogP contribution in [0.15, 0.2) is 18.2 Å². The topological polar surface area (TPSA) is 102 Å². The number of carbonyl (C=O) groups excluding carboxylic acids is 1. The van der Waals surface area contributed by atoms with E-state index >= 15 is 0 Å². The number of nitriles is 1. The zero-order chi connectivity index (χ0) is 14.8.